The maximum absolute atomic E-state index is 12.0. The van der Waals surface area contributed by atoms with Crippen molar-refractivity contribution >= 4 is 5.95 Å². The average molecular weight is 305 g/mol. The van der Waals surface area contributed by atoms with E-state index in [1.165, 1.54) is 0 Å². The largest absolute Gasteiger partial charge is 0.467 e. The summed E-state index contributed by atoms with van der Waals surface area (Å²) in [6.07, 6.45) is 1.54. The Labute approximate surface area is 131 Å². The summed E-state index contributed by atoms with van der Waals surface area (Å²) in [7, 11) is 0. The van der Waals surface area contributed by atoms with Crippen molar-refractivity contribution in [2.24, 2.45) is 10.2 Å². The molecule has 3 rings (SSSR count). The number of furan rings is 1. The Morgan fingerprint density at radius 3 is 2.74 bits per heavy atom. The fourth-order valence-corrected chi connectivity index (χ4v) is 1.99. The summed E-state index contributed by atoms with van der Waals surface area (Å²) in [6.45, 7) is 0.234. The lowest BCUT2D eigenvalue weighted by Gasteiger charge is -2.03. The van der Waals surface area contributed by atoms with E-state index in [0.29, 0.717) is 11.3 Å². The first-order chi connectivity index (χ1) is 11.3. The van der Waals surface area contributed by atoms with Gasteiger partial charge in [-0.15, -0.1) is 5.11 Å². The molecule has 0 saturated carbocycles. The van der Waals surface area contributed by atoms with Crippen LogP contribution in [0.25, 0.3) is 11.3 Å². The highest BCUT2D eigenvalue weighted by Gasteiger charge is 2.12. The van der Waals surface area contributed by atoms with Crippen LogP contribution in [0.15, 0.2) is 68.2 Å². The van der Waals surface area contributed by atoms with Crippen LogP contribution in [0.4, 0.5) is 5.95 Å². The molecule has 2 heterocycles. The molecule has 0 aliphatic carbocycles. The summed E-state index contributed by atoms with van der Waals surface area (Å²) in [5, 5.41) is 17.0. The van der Waals surface area contributed by atoms with Gasteiger partial charge in [0.1, 0.15) is 23.9 Å². The lowest BCUT2D eigenvalue weighted by molar-refractivity contribution is 0.509. The molecule has 1 N–H and O–H groups in total. The molecule has 112 valence electrons. The highest BCUT2D eigenvalue weighted by Crippen LogP contribution is 2.20. The van der Waals surface area contributed by atoms with Crippen LogP contribution in [-0.4, -0.2) is 9.97 Å². The summed E-state index contributed by atoms with van der Waals surface area (Å²) in [6, 6.07) is 14.4. The third-order valence-corrected chi connectivity index (χ3v) is 3.04. The van der Waals surface area contributed by atoms with Crippen molar-refractivity contribution in [2.75, 3.05) is 0 Å². The molecule has 0 radical (unpaired) electrons. The Hall–Kier alpha value is -3.53. The predicted molar refractivity (Wildman–Crippen MR) is 81.9 cm³/mol. The molecule has 0 spiro atoms. The van der Waals surface area contributed by atoms with Crippen LogP contribution in [0.1, 0.15) is 11.3 Å². The molecule has 7 nitrogen and oxygen atoms in total. The van der Waals surface area contributed by atoms with Gasteiger partial charge in [-0.2, -0.15) is 10.4 Å². The highest BCUT2D eigenvalue weighted by atomic mass is 16.3. The zero-order chi connectivity index (χ0) is 16.1. The lowest BCUT2D eigenvalue weighted by Crippen LogP contribution is -2.13. The van der Waals surface area contributed by atoms with Gasteiger partial charge in [-0.25, -0.2) is 4.98 Å². The quantitative estimate of drug-likeness (QED) is 0.747. The number of rotatable bonds is 4. The summed E-state index contributed by atoms with van der Waals surface area (Å²) in [5.41, 5.74) is 0.343. The van der Waals surface area contributed by atoms with Crippen molar-refractivity contribution < 1.29 is 4.42 Å². The molecule has 23 heavy (non-hydrogen) atoms. The fourth-order valence-electron chi connectivity index (χ4n) is 1.99. The molecular weight excluding hydrogens is 294 g/mol. The van der Waals surface area contributed by atoms with Crippen molar-refractivity contribution in [1.82, 2.24) is 9.97 Å². The first-order valence-electron chi connectivity index (χ1n) is 6.77. The number of nitrogens with zero attached hydrogens (tertiary/aromatic N) is 4. The van der Waals surface area contributed by atoms with E-state index in [4.69, 9.17) is 4.42 Å². The third kappa shape index (κ3) is 3.22. The van der Waals surface area contributed by atoms with Crippen molar-refractivity contribution in [3.63, 3.8) is 0 Å². The SMILES string of the molecule is N#Cc1c(-c2ccccc2)nc(N=NCc2ccco2)[nH]c1=O. The Morgan fingerprint density at radius 1 is 1.22 bits per heavy atom. The standard InChI is InChI=1S/C16H11N5O2/c17-9-13-14(11-5-2-1-3-6-11)19-16(20-15(13)22)21-18-10-12-7-4-8-23-12/h1-8H,10H2,(H,19,20,22). The number of hydrogen-bond acceptors (Lipinski definition) is 6. The van der Waals surface area contributed by atoms with Crippen LogP contribution in [0.5, 0.6) is 0 Å². The lowest BCUT2D eigenvalue weighted by atomic mass is 10.1. The second-order valence-electron chi connectivity index (χ2n) is 4.57. The van der Waals surface area contributed by atoms with Crippen LogP contribution < -0.4 is 5.56 Å². The molecule has 0 amide bonds. The van der Waals surface area contributed by atoms with Crippen molar-refractivity contribution in [3.05, 3.63) is 70.4 Å². The average Bonchev–Trinajstić information content (AvgIpc) is 3.08. The van der Waals surface area contributed by atoms with Crippen molar-refractivity contribution in [2.45, 2.75) is 6.54 Å². The number of aromatic amines is 1. The zero-order valence-corrected chi connectivity index (χ0v) is 11.9. The van der Waals surface area contributed by atoms with Crippen molar-refractivity contribution in [1.29, 1.82) is 5.26 Å². The number of aromatic nitrogens is 2. The van der Waals surface area contributed by atoms with Gasteiger partial charge in [0.15, 0.2) is 0 Å². The Morgan fingerprint density at radius 2 is 2.04 bits per heavy atom. The zero-order valence-electron chi connectivity index (χ0n) is 11.9. The maximum Gasteiger partial charge on any atom is 0.270 e. The van der Waals surface area contributed by atoms with Gasteiger partial charge in [0, 0.05) is 5.56 Å². The Bertz CT molecular complexity index is 921. The number of benzene rings is 1. The third-order valence-electron chi connectivity index (χ3n) is 3.04. The summed E-state index contributed by atoms with van der Waals surface area (Å²) in [5.74, 6) is 0.687. The van der Waals surface area contributed by atoms with Gasteiger partial charge in [-0.1, -0.05) is 30.3 Å². The molecule has 0 aliphatic rings. The summed E-state index contributed by atoms with van der Waals surface area (Å²) in [4.78, 5) is 18.7. The number of nitriles is 1. The van der Waals surface area contributed by atoms with E-state index in [1.807, 2.05) is 12.1 Å². The van der Waals surface area contributed by atoms with E-state index in [-0.39, 0.29) is 23.8 Å². The van der Waals surface area contributed by atoms with Crippen molar-refractivity contribution in [3.8, 4) is 17.3 Å². The van der Waals surface area contributed by atoms with Gasteiger partial charge >= 0.3 is 0 Å². The number of H-pyrrole nitrogens is 1. The smallest absolute Gasteiger partial charge is 0.270 e. The molecule has 2 aromatic heterocycles. The molecule has 7 heteroatoms. The minimum atomic E-state index is -0.548. The van der Waals surface area contributed by atoms with Gasteiger partial charge < -0.3 is 4.42 Å². The van der Waals surface area contributed by atoms with E-state index < -0.39 is 5.56 Å². The topological polar surface area (TPSA) is 107 Å². The van der Waals surface area contributed by atoms with Crippen LogP contribution in [-0.2, 0) is 6.54 Å². The molecule has 0 bridgehead atoms. The summed E-state index contributed by atoms with van der Waals surface area (Å²) >= 11 is 0. The van der Waals surface area contributed by atoms with E-state index in [0.717, 1.165) is 0 Å². The van der Waals surface area contributed by atoms with Gasteiger partial charge in [0.05, 0.1) is 12.0 Å². The molecular formula is C16H11N5O2. The fraction of sp³-hybridized carbons (Fsp3) is 0.0625. The van der Waals surface area contributed by atoms with E-state index in [9.17, 15) is 10.1 Å². The first kappa shape index (κ1) is 14.4. The number of nitrogens with one attached hydrogen (secondary N) is 1. The highest BCUT2D eigenvalue weighted by molar-refractivity contribution is 5.66. The van der Waals surface area contributed by atoms with Gasteiger partial charge in [0.25, 0.3) is 5.56 Å². The van der Waals surface area contributed by atoms with Crippen LogP contribution in [0.2, 0.25) is 0 Å². The number of hydrogen-bond donors (Lipinski definition) is 1. The van der Waals surface area contributed by atoms with E-state index in [1.54, 1.807) is 42.7 Å². The second-order valence-corrected chi connectivity index (χ2v) is 4.57. The Balaban J connectivity index is 1.97. The predicted octanol–water partition coefficient (Wildman–Crippen LogP) is 3.19. The number of azo groups is 1. The van der Waals surface area contributed by atoms with Gasteiger partial charge in [-0.05, 0) is 12.1 Å². The van der Waals surface area contributed by atoms with Gasteiger partial charge in [-0.3, -0.25) is 9.78 Å². The second kappa shape index (κ2) is 6.49. The molecule has 3 aromatic rings. The van der Waals surface area contributed by atoms with Crippen LogP contribution >= 0.6 is 0 Å². The molecule has 0 unspecified atom stereocenters. The maximum atomic E-state index is 12.0. The van der Waals surface area contributed by atoms with E-state index >= 15 is 0 Å². The molecule has 1 aromatic carbocycles. The normalized spacial score (nSPS) is 10.7. The first-order valence-corrected chi connectivity index (χ1v) is 6.77. The molecule has 0 saturated heterocycles. The minimum absolute atomic E-state index is 0.0411. The summed E-state index contributed by atoms with van der Waals surface area (Å²) < 4.78 is 5.14. The van der Waals surface area contributed by atoms with Gasteiger partial charge in [0.2, 0.25) is 5.95 Å². The molecule has 0 atom stereocenters. The minimum Gasteiger partial charge on any atom is -0.467 e. The molecule has 0 aliphatic heterocycles. The van der Waals surface area contributed by atoms with Crippen LogP contribution in [0.3, 0.4) is 0 Å². The Kier molecular flexibility index (Phi) is 4.07. The van der Waals surface area contributed by atoms with E-state index in [2.05, 4.69) is 20.2 Å². The molecule has 0 fully saturated rings. The van der Waals surface area contributed by atoms with Crippen LogP contribution in [0, 0.1) is 11.3 Å². The monoisotopic (exact) mass is 305 g/mol.